The Morgan fingerprint density at radius 2 is 2.12 bits per heavy atom. The Kier molecular flexibility index (Phi) is 5.74. The number of Topliss-reactive ketones (excluding diaryl/α,β-unsaturated/α-hetero) is 1. The molecule has 1 saturated heterocycles. The van der Waals surface area contributed by atoms with Gasteiger partial charge in [-0.1, -0.05) is 26.0 Å². The number of fused-ring (bicyclic) bond motifs is 1. The van der Waals surface area contributed by atoms with Gasteiger partial charge in [0.15, 0.2) is 5.78 Å². The summed E-state index contributed by atoms with van der Waals surface area (Å²) in [6.45, 7) is 5.46. The molecule has 0 N–H and O–H groups in total. The van der Waals surface area contributed by atoms with Crippen molar-refractivity contribution in [1.82, 2.24) is 19.7 Å². The molecule has 33 heavy (non-hydrogen) atoms. The van der Waals surface area contributed by atoms with Gasteiger partial charge in [0.25, 0.3) is 0 Å². The summed E-state index contributed by atoms with van der Waals surface area (Å²) in [6, 6.07) is 9.63. The third kappa shape index (κ3) is 4.42. The van der Waals surface area contributed by atoms with E-state index in [1.54, 1.807) is 23.6 Å². The maximum Gasteiger partial charge on any atom is 0.247 e. The van der Waals surface area contributed by atoms with Gasteiger partial charge in [0.05, 0.1) is 35.2 Å². The number of hydrogen-bond donors (Lipinski definition) is 0. The van der Waals surface area contributed by atoms with Crippen LogP contribution >= 0.6 is 11.3 Å². The van der Waals surface area contributed by atoms with Gasteiger partial charge in [0.2, 0.25) is 5.91 Å². The van der Waals surface area contributed by atoms with Crippen molar-refractivity contribution in [2.24, 2.45) is 5.41 Å². The second-order valence-electron chi connectivity index (χ2n) is 9.67. The summed E-state index contributed by atoms with van der Waals surface area (Å²) in [5.41, 5.74) is 3.26. The largest absolute Gasteiger partial charge is 0.330 e. The van der Waals surface area contributed by atoms with Crippen molar-refractivity contribution in [2.75, 3.05) is 6.54 Å². The molecule has 3 aromatic heterocycles. The maximum atomic E-state index is 13.3. The first-order valence-corrected chi connectivity index (χ1v) is 12.3. The fourth-order valence-corrected chi connectivity index (χ4v) is 5.62. The predicted octanol–water partition coefficient (Wildman–Crippen LogP) is 4.92. The van der Waals surface area contributed by atoms with Crippen LogP contribution in [0.2, 0.25) is 0 Å². The maximum absolute atomic E-state index is 13.3. The number of aromatic nitrogens is 3. The Labute approximate surface area is 198 Å². The van der Waals surface area contributed by atoms with Crippen LogP contribution in [0.4, 0.5) is 0 Å². The molecule has 1 atom stereocenters. The van der Waals surface area contributed by atoms with E-state index in [9.17, 15) is 9.59 Å². The quantitative estimate of drug-likeness (QED) is 0.507. The molecule has 7 heteroatoms. The Balaban J connectivity index is 1.50. The lowest BCUT2D eigenvalue weighted by molar-refractivity contribution is -0.126. The van der Waals surface area contributed by atoms with Gasteiger partial charge in [0, 0.05) is 30.1 Å². The summed E-state index contributed by atoms with van der Waals surface area (Å²) in [4.78, 5) is 33.8. The van der Waals surface area contributed by atoms with E-state index in [0.717, 1.165) is 46.8 Å². The molecule has 0 saturated carbocycles. The number of carbonyl (C=O) groups is 2. The lowest BCUT2D eigenvalue weighted by Crippen LogP contribution is -2.32. The summed E-state index contributed by atoms with van der Waals surface area (Å²) >= 11 is 1.60. The Morgan fingerprint density at radius 3 is 2.88 bits per heavy atom. The molecular formula is C26H28N4O2S. The van der Waals surface area contributed by atoms with E-state index in [-0.39, 0.29) is 23.1 Å². The highest BCUT2D eigenvalue weighted by Gasteiger charge is 2.41. The molecule has 1 fully saturated rings. The van der Waals surface area contributed by atoms with Crippen LogP contribution in [0.5, 0.6) is 0 Å². The standard InChI is InChI=1S/C26H28N4O2S/c1-26(2)15-21-24(22(31)16-26)25(28-30(21)17-18-7-3-4-12-27-18)20-9-5-13-29(20)23(32)11-10-19-8-6-14-33-19/h3-4,6-8,10-12,14,20H,5,9,13,15-17H2,1-2H3/b11-10+/t20-/m1/s1. The van der Waals surface area contributed by atoms with Crippen molar-refractivity contribution < 1.29 is 9.59 Å². The van der Waals surface area contributed by atoms with Gasteiger partial charge in [-0.15, -0.1) is 11.3 Å². The van der Waals surface area contributed by atoms with E-state index in [2.05, 4.69) is 18.8 Å². The van der Waals surface area contributed by atoms with E-state index in [0.29, 0.717) is 19.5 Å². The molecule has 1 aliphatic carbocycles. The fourth-order valence-electron chi connectivity index (χ4n) is 5.00. The Bertz CT molecular complexity index is 1190. The highest BCUT2D eigenvalue weighted by atomic mass is 32.1. The zero-order valence-electron chi connectivity index (χ0n) is 19.0. The van der Waals surface area contributed by atoms with Crippen LogP contribution in [0.3, 0.4) is 0 Å². The Hall–Kier alpha value is -3.06. The molecule has 0 aromatic carbocycles. The lowest BCUT2D eigenvalue weighted by Gasteiger charge is -2.30. The molecule has 3 aromatic rings. The second kappa shape index (κ2) is 8.71. The normalized spacial score (nSPS) is 19.9. The molecule has 2 aliphatic rings. The number of nitrogens with zero attached hydrogens (tertiary/aromatic N) is 4. The zero-order valence-corrected chi connectivity index (χ0v) is 19.8. The minimum absolute atomic E-state index is 0.0254. The van der Waals surface area contributed by atoms with Crippen molar-refractivity contribution in [1.29, 1.82) is 0 Å². The number of pyridine rings is 1. The van der Waals surface area contributed by atoms with Crippen LogP contribution in [0.25, 0.3) is 6.08 Å². The average molecular weight is 461 g/mol. The summed E-state index contributed by atoms with van der Waals surface area (Å²) in [7, 11) is 0. The molecule has 5 rings (SSSR count). The number of ketones is 1. The van der Waals surface area contributed by atoms with Crippen LogP contribution in [0, 0.1) is 5.41 Å². The van der Waals surface area contributed by atoms with Crippen LogP contribution in [-0.4, -0.2) is 37.9 Å². The number of likely N-dealkylation sites (tertiary alicyclic amines) is 1. The molecule has 0 unspecified atom stereocenters. The third-order valence-corrected chi connectivity index (χ3v) is 7.31. The minimum Gasteiger partial charge on any atom is -0.330 e. The smallest absolute Gasteiger partial charge is 0.247 e. The van der Waals surface area contributed by atoms with E-state index >= 15 is 0 Å². The van der Waals surface area contributed by atoms with Gasteiger partial charge in [-0.25, -0.2) is 0 Å². The molecule has 170 valence electrons. The highest BCUT2D eigenvalue weighted by molar-refractivity contribution is 7.10. The average Bonchev–Trinajstić information content (AvgIpc) is 3.52. The van der Waals surface area contributed by atoms with Gasteiger partial charge < -0.3 is 4.90 Å². The van der Waals surface area contributed by atoms with Crippen molar-refractivity contribution in [3.63, 3.8) is 0 Å². The van der Waals surface area contributed by atoms with Crippen LogP contribution in [0.15, 0.2) is 48.0 Å². The van der Waals surface area contributed by atoms with Gasteiger partial charge >= 0.3 is 0 Å². The second-order valence-corrected chi connectivity index (χ2v) is 10.6. The first-order chi connectivity index (χ1) is 15.9. The van der Waals surface area contributed by atoms with Gasteiger partial charge in [-0.2, -0.15) is 5.10 Å². The first kappa shape index (κ1) is 21.8. The minimum atomic E-state index is -0.172. The lowest BCUT2D eigenvalue weighted by atomic mass is 9.75. The van der Waals surface area contributed by atoms with E-state index in [4.69, 9.17) is 5.10 Å². The monoisotopic (exact) mass is 460 g/mol. The number of rotatable bonds is 5. The topological polar surface area (TPSA) is 68.1 Å². The van der Waals surface area contributed by atoms with E-state index < -0.39 is 0 Å². The first-order valence-electron chi connectivity index (χ1n) is 11.5. The van der Waals surface area contributed by atoms with E-state index in [1.807, 2.05) is 51.4 Å². The number of hydrogen-bond acceptors (Lipinski definition) is 5. The molecule has 6 nitrogen and oxygen atoms in total. The summed E-state index contributed by atoms with van der Waals surface area (Å²) < 4.78 is 1.95. The Morgan fingerprint density at radius 1 is 1.24 bits per heavy atom. The van der Waals surface area contributed by atoms with Gasteiger partial charge in [0.1, 0.15) is 0 Å². The van der Waals surface area contributed by atoms with Crippen molar-refractivity contribution in [3.8, 4) is 0 Å². The van der Waals surface area contributed by atoms with Crippen LogP contribution < -0.4 is 0 Å². The van der Waals surface area contributed by atoms with Crippen molar-refractivity contribution in [3.05, 3.63) is 75.5 Å². The highest BCUT2D eigenvalue weighted by Crippen LogP contribution is 2.41. The van der Waals surface area contributed by atoms with Crippen LogP contribution in [0.1, 0.15) is 71.5 Å². The van der Waals surface area contributed by atoms with E-state index in [1.165, 1.54) is 0 Å². The third-order valence-electron chi connectivity index (χ3n) is 6.47. The molecule has 4 heterocycles. The summed E-state index contributed by atoms with van der Waals surface area (Å²) in [6.07, 6.45) is 8.30. The number of amides is 1. The van der Waals surface area contributed by atoms with Gasteiger partial charge in [-0.3, -0.25) is 19.3 Å². The van der Waals surface area contributed by atoms with Crippen molar-refractivity contribution >= 4 is 29.1 Å². The molecular weight excluding hydrogens is 432 g/mol. The fraction of sp³-hybridized carbons (Fsp3) is 0.385. The molecule has 0 spiro atoms. The van der Waals surface area contributed by atoms with Crippen LogP contribution in [-0.2, 0) is 17.8 Å². The molecule has 0 bridgehead atoms. The van der Waals surface area contributed by atoms with Crippen molar-refractivity contribution in [2.45, 2.75) is 52.1 Å². The zero-order chi connectivity index (χ0) is 23.0. The molecule has 0 radical (unpaired) electrons. The van der Waals surface area contributed by atoms with Gasteiger partial charge in [-0.05, 0) is 54.3 Å². The SMILES string of the molecule is CC1(C)CC(=O)c2c([C@H]3CCCN3C(=O)/C=C/c3cccs3)nn(Cc3ccccn3)c2C1. The molecule has 1 aliphatic heterocycles. The molecule has 1 amide bonds. The summed E-state index contributed by atoms with van der Waals surface area (Å²) in [5, 5.41) is 6.96. The predicted molar refractivity (Wildman–Crippen MR) is 129 cm³/mol. The summed E-state index contributed by atoms with van der Waals surface area (Å²) in [5.74, 6) is 0.111. The number of carbonyl (C=O) groups excluding carboxylic acids is 2. The number of thiophene rings is 1.